The molecule has 0 radical (unpaired) electrons. The molecule has 0 heterocycles. The van der Waals surface area contributed by atoms with Crippen LogP contribution in [0.15, 0.2) is 42.5 Å². The highest BCUT2D eigenvalue weighted by atomic mass is 35.5. The van der Waals surface area contributed by atoms with Gasteiger partial charge in [-0.25, -0.2) is 9.59 Å². The fraction of sp³-hybridized carbons (Fsp3) is 0.429. The first-order chi connectivity index (χ1) is 17.1. The predicted octanol–water partition coefficient (Wildman–Crippen LogP) is 6.87. The van der Waals surface area contributed by atoms with Gasteiger partial charge < -0.3 is 18.9 Å². The molecule has 7 heteroatoms. The van der Waals surface area contributed by atoms with Gasteiger partial charge in [0.2, 0.25) is 0 Å². The molecule has 0 N–H and O–H groups in total. The van der Waals surface area contributed by atoms with Crippen LogP contribution in [-0.2, 0) is 19.1 Å². The molecule has 0 aliphatic heterocycles. The van der Waals surface area contributed by atoms with Gasteiger partial charge in [0.1, 0.15) is 11.5 Å². The largest absolute Gasteiger partial charge is 0.481 e. The van der Waals surface area contributed by atoms with Crippen LogP contribution in [0.4, 0.5) is 0 Å². The van der Waals surface area contributed by atoms with Crippen molar-refractivity contribution in [1.29, 1.82) is 0 Å². The molecule has 6 nitrogen and oxygen atoms in total. The first kappa shape index (κ1) is 26.6. The SMILES string of the molecule is CCCCCOC(=O)COc1c2ccccc2c(OCC(=O)OCCCCC)c2c(Cl)cccc12. The van der Waals surface area contributed by atoms with Gasteiger partial charge in [-0.05, 0) is 18.9 Å². The van der Waals surface area contributed by atoms with Crippen LogP contribution in [0.5, 0.6) is 11.5 Å². The normalized spacial score (nSPS) is 10.9. The third-order valence-electron chi connectivity index (χ3n) is 5.59. The minimum Gasteiger partial charge on any atom is -0.481 e. The second-order valence-electron chi connectivity index (χ2n) is 8.30. The topological polar surface area (TPSA) is 71.1 Å². The number of hydrogen-bond donors (Lipinski definition) is 0. The van der Waals surface area contributed by atoms with E-state index in [-0.39, 0.29) is 13.2 Å². The molecule has 0 atom stereocenters. The molecule has 0 saturated heterocycles. The lowest BCUT2D eigenvalue weighted by Gasteiger charge is -2.18. The molecule has 0 amide bonds. The van der Waals surface area contributed by atoms with Crippen LogP contribution in [-0.4, -0.2) is 38.4 Å². The van der Waals surface area contributed by atoms with Crippen LogP contribution >= 0.6 is 11.6 Å². The van der Waals surface area contributed by atoms with E-state index in [1.165, 1.54) is 0 Å². The number of halogens is 1. The summed E-state index contributed by atoms with van der Waals surface area (Å²) in [7, 11) is 0. The first-order valence-corrected chi connectivity index (χ1v) is 12.6. The number of fused-ring (bicyclic) bond motifs is 2. The minimum atomic E-state index is -0.434. The summed E-state index contributed by atoms with van der Waals surface area (Å²) in [5.41, 5.74) is 0. The molecule has 0 aliphatic carbocycles. The Bertz CT molecular complexity index is 1140. The molecule has 0 fully saturated rings. The maximum absolute atomic E-state index is 12.3. The second-order valence-corrected chi connectivity index (χ2v) is 8.71. The number of carbonyl (C=O) groups is 2. The van der Waals surface area contributed by atoms with Crippen molar-refractivity contribution in [2.75, 3.05) is 26.4 Å². The van der Waals surface area contributed by atoms with E-state index in [9.17, 15) is 9.59 Å². The third kappa shape index (κ3) is 7.25. The Kier molecular flexibility index (Phi) is 10.5. The zero-order valence-electron chi connectivity index (χ0n) is 20.4. The van der Waals surface area contributed by atoms with Crippen LogP contribution in [0.3, 0.4) is 0 Å². The maximum Gasteiger partial charge on any atom is 0.344 e. The molecule has 3 rings (SSSR count). The van der Waals surface area contributed by atoms with Crippen molar-refractivity contribution in [1.82, 2.24) is 0 Å². The summed E-state index contributed by atoms with van der Waals surface area (Å²) in [4.78, 5) is 24.5. The Morgan fingerprint density at radius 2 is 1.20 bits per heavy atom. The third-order valence-corrected chi connectivity index (χ3v) is 5.91. The Balaban J connectivity index is 1.86. The van der Waals surface area contributed by atoms with E-state index in [4.69, 9.17) is 30.5 Å². The Hall–Kier alpha value is -2.99. The number of unbranched alkanes of at least 4 members (excludes halogenated alkanes) is 4. The fourth-order valence-electron chi connectivity index (χ4n) is 3.83. The van der Waals surface area contributed by atoms with Crippen molar-refractivity contribution < 1.29 is 28.5 Å². The van der Waals surface area contributed by atoms with Crippen molar-refractivity contribution >= 4 is 45.1 Å². The summed E-state index contributed by atoms with van der Waals surface area (Å²) in [5, 5.41) is 3.20. The average molecular weight is 501 g/mol. The summed E-state index contributed by atoms with van der Waals surface area (Å²) >= 11 is 6.59. The lowest BCUT2D eigenvalue weighted by atomic mass is 10.0. The number of esters is 2. The smallest absolute Gasteiger partial charge is 0.344 e. The highest BCUT2D eigenvalue weighted by Gasteiger charge is 2.20. The Morgan fingerprint density at radius 1 is 0.686 bits per heavy atom. The molecule has 3 aromatic carbocycles. The molecule has 0 aliphatic rings. The number of ether oxygens (including phenoxy) is 4. The van der Waals surface area contributed by atoms with Gasteiger partial charge in [-0.3, -0.25) is 0 Å². The molecule has 188 valence electrons. The molecule has 0 aromatic heterocycles. The van der Waals surface area contributed by atoms with E-state index >= 15 is 0 Å². The van der Waals surface area contributed by atoms with Crippen molar-refractivity contribution in [3.05, 3.63) is 47.5 Å². The second kappa shape index (κ2) is 13.8. The first-order valence-electron chi connectivity index (χ1n) is 12.3. The van der Waals surface area contributed by atoms with E-state index in [2.05, 4.69) is 13.8 Å². The van der Waals surface area contributed by atoms with Gasteiger partial charge in [-0.15, -0.1) is 0 Å². The van der Waals surface area contributed by atoms with Crippen LogP contribution in [0.25, 0.3) is 21.5 Å². The minimum absolute atomic E-state index is 0.220. The number of hydrogen-bond acceptors (Lipinski definition) is 6. The van der Waals surface area contributed by atoms with Crippen molar-refractivity contribution in [2.24, 2.45) is 0 Å². The number of carbonyl (C=O) groups excluding carboxylic acids is 2. The average Bonchev–Trinajstić information content (AvgIpc) is 2.86. The van der Waals surface area contributed by atoms with E-state index < -0.39 is 11.9 Å². The zero-order chi connectivity index (χ0) is 25.0. The Labute approximate surface area is 211 Å². The van der Waals surface area contributed by atoms with Crippen molar-refractivity contribution in [2.45, 2.75) is 52.4 Å². The summed E-state index contributed by atoms with van der Waals surface area (Å²) in [6.07, 6.45) is 5.78. The van der Waals surface area contributed by atoms with Gasteiger partial charge in [0.15, 0.2) is 13.2 Å². The summed E-state index contributed by atoms with van der Waals surface area (Å²) in [6, 6.07) is 12.9. The van der Waals surface area contributed by atoms with Gasteiger partial charge in [0.25, 0.3) is 0 Å². The molecule has 0 bridgehead atoms. The summed E-state index contributed by atoms with van der Waals surface area (Å²) in [6.45, 7) is 4.48. The molecule has 0 saturated carbocycles. The predicted molar refractivity (Wildman–Crippen MR) is 138 cm³/mol. The Morgan fingerprint density at radius 3 is 1.77 bits per heavy atom. The van der Waals surface area contributed by atoms with Crippen molar-refractivity contribution in [3.8, 4) is 11.5 Å². The molecule has 0 unspecified atom stereocenters. The summed E-state index contributed by atoms with van der Waals surface area (Å²) in [5.74, 6) is 0.127. The van der Waals surface area contributed by atoms with Gasteiger partial charge in [-0.2, -0.15) is 0 Å². The van der Waals surface area contributed by atoms with E-state index in [1.54, 1.807) is 12.1 Å². The molecule has 0 spiro atoms. The summed E-state index contributed by atoms with van der Waals surface area (Å²) < 4.78 is 22.5. The standard InChI is InChI=1S/C28H33ClO6/c1-3-5-9-16-32-24(30)18-34-27-20-12-7-8-13-21(20)28(26-22(27)14-11-15-23(26)29)35-19-25(31)33-17-10-6-4-2/h7-8,11-15H,3-6,9-10,16-19H2,1-2H3. The number of benzene rings is 3. The van der Waals surface area contributed by atoms with Crippen LogP contribution < -0.4 is 9.47 Å². The van der Waals surface area contributed by atoms with Gasteiger partial charge in [0.05, 0.1) is 18.2 Å². The van der Waals surface area contributed by atoms with Gasteiger partial charge >= 0.3 is 11.9 Å². The molecule has 35 heavy (non-hydrogen) atoms. The van der Waals surface area contributed by atoms with Crippen LogP contribution in [0, 0.1) is 0 Å². The maximum atomic E-state index is 12.3. The van der Waals surface area contributed by atoms with Gasteiger partial charge in [-0.1, -0.05) is 87.5 Å². The fourth-order valence-corrected chi connectivity index (χ4v) is 4.09. The number of rotatable bonds is 14. The quantitative estimate of drug-likeness (QED) is 0.137. The highest BCUT2D eigenvalue weighted by Crippen LogP contribution is 2.45. The zero-order valence-corrected chi connectivity index (χ0v) is 21.2. The molecular formula is C28H33ClO6. The van der Waals surface area contributed by atoms with E-state index in [1.807, 2.05) is 30.3 Å². The van der Waals surface area contributed by atoms with E-state index in [0.29, 0.717) is 40.5 Å². The van der Waals surface area contributed by atoms with Gasteiger partial charge in [0, 0.05) is 21.5 Å². The van der Waals surface area contributed by atoms with E-state index in [0.717, 1.165) is 49.3 Å². The lowest BCUT2D eigenvalue weighted by molar-refractivity contribution is -0.147. The monoisotopic (exact) mass is 500 g/mol. The molecule has 3 aromatic rings. The van der Waals surface area contributed by atoms with Crippen molar-refractivity contribution in [3.63, 3.8) is 0 Å². The lowest BCUT2D eigenvalue weighted by Crippen LogP contribution is -2.17. The van der Waals surface area contributed by atoms with Crippen LogP contribution in [0.2, 0.25) is 5.02 Å². The molecular weight excluding hydrogens is 468 g/mol. The van der Waals surface area contributed by atoms with Crippen LogP contribution in [0.1, 0.15) is 52.4 Å². The highest BCUT2D eigenvalue weighted by molar-refractivity contribution is 6.37.